The van der Waals surface area contributed by atoms with Gasteiger partial charge >= 0.3 is 5.97 Å². The number of carboxylic acids is 1. The van der Waals surface area contributed by atoms with Gasteiger partial charge in [-0.05, 0) is 31.6 Å². The van der Waals surface area contributed by atoms with E-state index in [0.717, 1.165) is 44.9 Å². The van der Waals surface area contributed by atoms with Gasteiger partial charge in [0.1, 0.15) is 0 Å². The van der Waals surface area contributed by atoms with Crippen molar-refractivity contribution < 1.29 is 15.0 Å². The first kappa shape index (κ1) is 11.9. The lowest BCUT2D eigenvalue weighted by molar-refractivity contribution is -0.159. The van der Waals surface area contributed by atoms with Crippen LogP contribution in [0.3, 0.4) is 0 Å². The van der Waals surface area contributed by atoms with Gasteiger partial charge in [0.2, 0.25) is 0 Å². The molecular weight excluding hydrogens is 204 g/mol. The van der Waals surface area contributed by atoms with E-state index in [2.05, 4.69) is 0 Å². The number of aliphatic hydroxyl groups is 1. The van der Waals surface area contributed by atoms with Crippen LogP contribution >= 0.6 is 0 Å². The largest absolute Gasteiger partial charge is 0.481 e. The van der Waals surface area contributed by atoms with Crippen LogP contribution in [0.15, 0.2) is 0 Å². The first-order chi connectivity index (χ1) is 7.63. The predicted octanol–water partition coefficient (Wildman–Crippen LogP) is 2.57. The highest BCUT2D eigenvalue weighted by Gasteiger charge is 2.46. The molecular formula is C13H22O3. The number of carboxylic acid groups (broad SMARTS) is 1. The lowest BCUT2D eigenvalue weighted by atomic mass is 9.70. The molecule has 0 aromatic carbocycles. The molecule has 0 spiro atoms. The SMILES string of the molecule is O=C(O)C(C1CCCC1)C1(O)CCCCC1. The van der Waals surface area contributed by atoms with Gasteiger partial charge in [0, 0.05) is 0 Å². The van der Waals surface area contributed by atoms with Crippen molar-refractivity contribution in [2.75, 3.05) is 0 Å². The van der Waals surface area contributed by atoms with Crippen LogP contribution in [0.4, 0.5) is 0 Å². The van der Waals surface area contributed by atoms with Crippen molar-refractivity contribution in [1.82, 2.24) is 0 Å². The van der Waals surface area contributed by atoms with Gasteiger partial charge in [-0.25, -0.2) is 0 Å². The zero-order chi connectivity index (χ0) is 11.6. The Hall–Kier alpha value is -0.570. The summed E-state index contributed by atoms with van der Waals surface area (Å²) in [6.07, 6.45) is 8.69. The fourth-order valence-corrected chi connectivity index (χ4v) is 3.64. The summed E-state index contributed by atoms with van der Waals surface area (Å²) in [5.74, 6) is -1.09. The Labute approximate surface area is 96.9 Å². The van der Waals surface area contributed by atoms with Crippen LogP contribution in [0.1, 0.15) is 57.8 Å². The second kappa shape index (κ2) is 4.74. The molecule has 2 aliphatic carbocycles. The number of hydrogen-bond donors (Lipinski definition) is 2. The van der Waals surface area contributed by atoms with Crippen LogP contribution in [-0.2, 0) is 4.79 Å². The summed E-state index contributed by atoms with van der Waals surface area (Å²) in [6.45, 7) is 0. The highest BCUT2D eigenvalue weighted by molar-refractivity contribution is 5.72. The molecule has 1 unspecified atom stereocenters. The summed E-state index contributed by atoms with van der Waals surface area (Å²) in [5, 5.41) is 20.0. The number of carbonyl (C=O) groups is 1. The number of rotatable bonds is 3. The van der Waals surface area contributed by atoms with Crippen molar-refractivity contribution in [2.24, 2.45) is 11.8 Å². The Morgan fingerprint density at radius 3 is 2.12 bits per heavy atom. The molecule has 92 valence electrons. The zero-order valence-corrected chi connectivity index (χ0v) is 9.82. The van der Waals surface area contributed by atoms with Gasteiger partial charge < -0.3 is 10.2 Å². The van der Waals surface area contributed by atoms with E-state index in [4.69, 9.17) is 0 Å². The first-order valence-corrected chi connectivity index (χ1v) is 6.59. The van der Waals surface area contributed by atoms with Gasteiger partial charge in [-0.3, -0.25) is 4.79 Å². The van der Waals surface area contributed by atoms with Crippen LogP contribution in [-0.4, -0.2) is 21.8 Å². The Bertz CT molecular complexity index is 250. The summed E-state index contributed by atoms with van der Waals surface area (Å²) in [6, 6.07) is 0. The molecule has 0 heterocycles. The Morgan fingerprint density at radius 1 is 1.06 bits per heavy atom. The molecule has 2 fully saturated rings. The third-order valence-corrected chi connectivity index (χ3v) is 4.44. The van der Waals surface area contributed by atoms with Crippen LogP contribution < -0.4 is 0 Å². The van der Waals surface area contributed by atoms with Gasteiger partial charge in [0.25, 0.3) is 0 Å². The molecule has 0 bridgehead atoms. The fourth-order valence-electron chi connectivity index (χ4n) is 3.64. The number of hydrogen-bond acceptors (Lipinski definition) is 2. The molecule has 2 rings (SSSR count). The van der Waals surface area contributed by atoms with Crippen molar-refractivity contribution in [3.63, 3.8) is 0 Å². The van der Waals surface area contributed by atoms with E-state index in [9.17, 15) is 15.0 Å². The highest BCUT2D eigenvalue weighted by atomic mass is 16.4. The minimum atomic E-state index is -0.918. The van der Waals surface area contributed by atoms with Crippen molar-refractivity contribution in [3.05, 3.63) is 0 Å². The Morgan fingerprint density at radius 2 is 1.62 bits per heavy atom. The minimum absolute atomic E-state index is 0.209. The van der Waals surface area contributed by atoms with E-state index in [1.807, 2.05) is 0 Å². The molecule has 0 aromatic rings. The quantitative estimate of drug-likeness (QED) is 0.777. The van der Waals surface area contributed by atoms with Gasteiger partial charge in [0.15, 0.2) is 0 Å². The molecule has 3 heteroatoms. The van der Waals surface area contributed by atoms with E-state index in [0.29, 0.717) is 12.8 Å². The lowest BCUT2D eigenvalue weighted by Gasteiger charge is -2.39. The minimum Gasteiger partial charge on any atom is -0.481 e. The van der Waals surface area contributed by atoms with Crippen molar-refractivity contribution >= 4 is 5.97 Å². The maximum Gasteiger partial charge on any atom is 0.309 e. The molecule has 2 saturated carbocycles. The Balaban J connectivity index is 2.13. The summed E-state index contributed by atoms with van der Waals surface area (Å²) < 4.78 is 0. The van der Waals surface area contributed by atoms with Gasteiger partial charge in [-0.2, -0.15) is 0 Å². The zero-order valence-electron chi connectivity index (χ0n) is 9.82. The molecule has 2 aliphatic rings. The third-order valence-electron chi connectivity index (χ3n) is 4.44. The molecule has 0 aromatic heterocycles. The third kappa shape index (κ3) is 2.24. The smallest absolute Gasteiger partial charge is 0.309 e. The van der Waals surface area contributed by atoms with Gasteiger partial charge in [0.05, 0.1) is 11.5 Å². The van der Waals surface area contributed by atoms with Crippen molar-refractivity contribution in [3.8, 4) is 0 Å². The van der Waals surface area contributed by atoms with Crippen LogP contribution in [0.2, 0.25) is 0 Å². The van der Waals surface area contributed by atoms with E-state index in [-0.39, 0.29) is 5.92 Å². The van der Waals surface area contributed by atoms with Gasteiger partial charge in [-0.1, -0.05) is 32.1 Å². The second-order valence-electron chi connectivity index (χ2n) is 5.52. The first-order valence-electron chi connectivity index (χ1n) is 6.59. The molecule has 16 heavy (non-hydrogen) atoms. The predicted molar refractivity (Wildman–Crippen MR) is 61.1 cm³/mol. The summed E-state index contributed by atoms with van der Waals surface area (Å²) in [7, 11) is 0. The lowest BCUT2D eigenvalue weighted by Crippen LogP contribution is -2.47. The maximum atomic E-state index is 11.4. The molecule has 3 nitrogen and oxygen atoms in total. The van der Waals surface area contributed by atoms with Gasteiger partial charge in [-0.15, -0.1) is 0 Å². The molecule has 0 saturated heterocycles. The van der Waals surface area contributed by atoms with Crippen molar-refractivity contribution in [2.45, 2.75) is 63.4 Å². The van der Waals surface area contributed by atoms with E-state index in [1.54, 1.807) is 0 Å². The fraction of sp³-hybridized carbons (Fsp3) is 0.923. The van der Waals surface area contributed by atoms with E-state index < -0.39 is 17.5 Å². The molecule has 0 aliphatic heterocycles. The summed E-state index contributed by atoms with van der Waals surface area (Å²) >= 11 is 0. The van der Waals surface area contributed by atoms with Crippen LogP contribution in [0.25, 0.3) is 0 Å². The summed E-state index contributed by atoms with van der Waals surface area (Å²) in [5.41, 5.74) is -0.918. The van der Waals surface area contributed by atoms with E-state index >= 15 is 0 Å². The topological polar surface area (TPSA) is 57.5 Å². The maximum absolute atomic E-state index is 11.4. The second-order valence-corrected chi connectivity index (χ2v) is 5.52. The standard InChI is InChI=1S/C13H22O3/c14-12(15)11(10-6-2-3-7-10)13(16)8-4-1-5-9-13/h10-11,16H,1-9H2,(H,14,15). The molecule has 0 radical (unpaired) electrons. The highest BCUT2D eigenvalue weighted by Crippen LogP contribution is 2.43. The average molecular weight is 226 g/mol. The average Bonchev–Trinajstić information content (AvgIpc) is 2.71. The summed E-state index contributed by atoms with van der Waals surface area (Å²) in [4.78, 5) is 11.4. The van der Waals surface area contributed by atoms with Crippen LogP contribution in [0.5, 0.6) is 0 Å². The normalized spacial score (nSPS) is 27.8. The van der Waals surface area contributed by atoms with Crippen molar-refractivity contribution in [1.29, 1.82) is 0 Å². The Kier molecular flexibility index (Phi) is 3.53. The molecule has 1 atom stereocenters. The molecule has 2 N–H and O–H groups in total. The van der Waals surface area contributed by atoms with Crippen LogP contribution in [0, 0.1) is 11.8 Å². The number of aliphatic carboxylic acids is 1. The monoisotopic (exact) mass is 226 g/mol. The van der Waals surface area contributed by atoms with E-state index in [1.165, 1.54) is 0 Å². The molecule has 0 amide bonds.